The van der Waals surface area contributed by atoms with Crippen molar-refractivity contribution in [3.63, 3.8) is 0 Å². The Labute approximate surface area is 171 Å². The fraction of sp³-hybridized carbons (Fsp3) is 0. The third kappa shape index (κ3) is 3.21. The number of hydrogen-bond acceptors (Lipinski definition) is 5. The van der Waals surface area contributed by atoms with E-state index in [4.69, 9.17) is 10.2 Å². The van der Waals surface area contributed by atoms with Crippen molar-refractivity contribution in [2.45, 2.75) is 0 Å². The molecule has 0 fully saturated rings. The molecule has 2 aromatic carbocycles. The molecule has 0 bridgehead atoms. The Kier molecular flexibility index (Phi) is 4.51. The molecule has 29 heavy (non-hydrogen) atoms. The van der Waals surface area contributed by atoms with Gasteiger partial charge in [0, 0.05) is 22.1 Å². The molecule has 2 N–H and O–H groups in total. The van der Waals surface area contributed by atoms with E-state index in [-0.39, 0.29) is 28.3 Å². The summed E-state index contributed by atoms with van der Waals surface area (Å²) in [5.74, 6) is -1.04. The van der Waals surface area contributed by atoms with Crippen LogP contribution in [0.15, 0.2) is 69.7 Å². The second-order valence-electron chi connectivity index (χ2n) is 6.18. The summed E-state index contributed by atoms with van der Waals surface area (Å²) in [5, 5.41) is 11.9. The number of nitrogens with zero attached hydrogens (tertiary/aromatic N) is 2. The maximum Gasteiger partial charge on any atom is 0.298 e. The van der Waals surface area contributed by atoms with Gasteiger partial charge in [0.15, 0.2) is 5.76 Å². The van der Waals surface area contributed by atoms with Gasteiger partial charge in [-0.3, -0.25) is 24.3 Å². The van der Waals surface area contributed by atoms with E-state index in [9.17, 15) is 19.7 Å². The molecule has 4 aromatic rings. The summed E-state index contributed by atoms with van der Waals surface area (Å²) < 4.78 is 7.45. The number of rotatable bonds is 4. The second kappa shape index (κ2) is 7.02. The van der Waals surface area contributed by atoms with Gasteiger partial charge in [-0.05, 0) is 30.3 Å². The molecule has 0 saturated heterocycles. The molecular weight excluding hydrogens is 442 g/mol. The van der Waals surface area contributed by atoms with Crippen LogP contribution in [0.2, 0.25) is 0 Å². The van der Waals surface area contributed by atoms with Crippen LogP contribution in [-0.4, -0.2) is 21.3 Å². The Hall–Kier alpha value is -3.72. The molecule has 2 aromatic heterocycles. The molecular formula is C20H12BrN3O5. The third-order valence-electron chi connectivity index (χ3n) is 4.43. The number of primary amides is 1. The van der Waals surface area contributed by atoms with Crippen LogP contribution in [0.3, 0.4) is 0 Å². The van der Waals surface area contributed by atoms with Gasteiger partial charge >= 0.3 is 0 Å². The van der Waals surface area contributed by atoms with Crippen LogP contribution in [0, 0.1) is 10.1 Å². The van der Waals surface area contributed by atoms with Gasteiger partial charge < -0.3 is 10.2 Å². The Bertz CT molecular complexity index is 1300. The lowest BCUT2D eigenvalue weighted by atomic mass is 10.1. The molecule has 2 heterocycles. The molecule has 0 spiro atoms. The van der Waals surface area contributed by atoms with E-state index in [2.05, 4.69) is 15.9 Å². The highest BCUT2D eigenvalue weighted by atomic mass is 79.9. The number of carbonyl (C=O) groups is 2. The van der Waals surface area contributed by atoms with E-state index < -0.39 is 16.7 Å². The monoisotopic (exact) mass is 453 g/mol. The summed E-state index contributed by atoms with van der Waals surface area (Å²) in [6, 6.07) is 14.3. The van der Waals surface area contributed by atoms with Crippen molar-refractivity contribution in [3.8, 4) is 11.3 Å². The number of nitro groups is 1. The van der Waals surface area contributed by atoms with Crippen molar-refractivity contribution in [3.05, 3.63) is 86.7 Å². The lowest BCUT2D eigenvalue weighted by Gasteiger charge is -2.02. The minimum Gasteiger partial charge on any atom is -0.451 e. The van der Waals surface area contributed by atoms with Crippen LogP contribution < -0.4 is 5.73 Å². The number of benzene rings is 2. The van der Waals surface area contributed by atoms with E-state index in [1.54, 1.807) is 30.3 Å². The molecule has 0 atom stereocenters. The standard InChI is InChI=1S/C20H12BrN3O5/c21-11-5-6-13(16(9-11)24(27)28)17-7-8-18(29-17)20(26)23-10-14(19(22)25)12-3-1-2-4-15(12)23/h1-10H,(H2,22,25). The lowest BCUT2D eigenvalue weighted by molar-refractivity contribution is -0.384. The Morgan fingerprint density at radius 1 is 1.10 bits per heavy atom. The highest BCUT2D eigenvalue weighted by Crippen LogP contribution is 2.34. The molecule has 8 nitrogen and oxygen atoms in total. The van der Waals surface area contributed by atoms with Gasteiger partial charge in [0.2, 0.25) is 0 Å². The summed E-state index contributed by atoms with van der Waals surface area (Å²) in [6.45, 7) is 0. The smallest absolute Gasteiger partial charge is 0.298 e. The van der Waals surface area contributed by atoms with Gasteiger partial charge in [0.1, 0.15) is 5.76 Å². The first-order valence-corrected chi connectivity index (χ1v) is 9.15. The number of hydrogen-bond donors (Lipinski definition) is 1. The summed E-state index contributed by atoms with van der Waals surface area (Å²) in [7, 11) is 0. The summed E-state index contributed by atoms with van der Waals surface area (Å²) in [4.78, 5) is 35.5. The number of carbonyl (C=O) groups excluding carboxylic acids is 2. The van der Waals surface area contributed by atoms with Crippen LogP contribution in [0.5, 0.6) is 0 Å². The number of furan rings is 1. The van der Waals surface area contributed by atoms with Crippen molar-refractivity contribution >= 4 is 44.3 Å². The van der Waals surface area contributed by atoms with Gasteiger partial charge in [-0.2, -0.15) is 0 Å². The molecule has 0 aliphatic heterocycles. The maximum atomic E-state index is 13.0. The van der Waals surface area contributed by atoms with Crippen LogP contribution in [0.1, 0.15) is 20.9 Å². The molecule has 4 rings (SSSR count). The maximum absolute atomic E-state index is 13.0. The minimum atomic E-state index is -0.654. The molecule has 144 valence electrons. The number of nitro benzene ring substituents is 1. The molecule has 0 unspecified atom stereocenters. The zero-order valence-corrected chi connectivity index (χ0v) is 16.3. The van der Waals surface area contributed by atoms with Crippen molar-refractivity contribution in [1.82, 2.24) is 4.57 Å². The topological polar surface area (TPSA) is 121 Å². The first kappa shape index (κ1) is 18.6. The summed E-state index contributed by atoms with van der Waals surface area (Å²) in [6.07, 6.45) is 1.36. The molecule has 0 aliphatic rings. The van der Waals surface area contributed by atoms with E-state index in [1.165, 1.54) is 35.0 Å². The molecule has 1 amide bonds. The fourth-order valence-corrected chi connectivity index (χ4v) is 3.47. The number of amides is 1. The second-order valence-corrected chi connectivity index (χ2v) is 7.10. The van der Waals surface area contributed by atoms with Crippen molar-refractivity contribution in [2.24, 2.45) is 5.73 Å². The van der Waals surface area contributed by atoms with Gasteiger partial charge in [-0.25, -0.2) is 0 Å². The van der Waals surface area contributed by atoms with Gasteiger partial charge in [-0.1, -0.05) is 34.1 Å². The SMILES string of the molecule is NC(=O)c1cn(C(=O)c2ccc(-c3ccc(Br)cc3[N+](=O)[O-])o2)c2ccccc12. The third-order valence-corrected chi connectivity index (χ3v) is 4.93. The average molecular weight is 454 g/mol. The number of para-hydroxylation sites is 1. The predicted octanol–water partition coefficient (Wildman–Crippen LogP) is 4.36. The summed E-state index contributed by atoms with van der Waals surface area (Å²) >= 11 is 3.20. The number of halogens is 1. The normalized spacial score (nSPS) is 10.9. The average Bonchev–Trinajstić information content (AvgIpc) is 3.33. The zero-order valence-electron chi connectivity index (χ0n) is 14.7. The van der Waals surface area contributed by atoms with E-state index in [0.717, 1.165) is 0 Å². The van der Waals surface area contributed by atoms with Crippen LogP contribution >= 0.6 is 15.9 Å². The van der Waals surface area contributed by atoms with Gasteiger partial charge in [-0.15, -0.1) is 0 Å². The van der Waals surface area contributed by atoms with Crippen LogP contribution in [-0.2, 0) is 0 Å². The summed E-state index contributed by atoms with van der Waals surface area (Å²) in [5.41, 5.74) is 6.21. The molecule has 0 saturated carbocycles. The number of aromatic nitrogens is 1. The van der Waals surface area contributed by atoms with Crippen LogP contribution in [0.25, 0.3) is 22.2 Å². The first-order chi connectivity index (χ1) is 13.9. The first-order valence-electron chi connectivity index (χ1n) is 8.35. The molecule has 0 radical (unpaired) electrons. The number of fused-ring (bicyclic) bond motifs is 1. The predicted molar refractivity (Wildman–Crippen MR) is 109 cm³/mol. The lowest BCUT2D eigenvalue weighted by Crippen LogP contribution is -2.12. The minimum absolute atomic E-state index is 0.0333. The van der Waals surface area contributed by atoms with Crippen LogP contribution in [0.4, 0.5) is 5.69 Å². The highest BCUT2D eigenvalue weighted by Gasteiger charge is 2.23. The van der Waals surface area contributed by atoms with E-state index in [0.29, 0.717) is 15.4 Å². The van der Waals surface area contributed by atoms with Crippen molar-refractivity contribution in [2.75, 3.05) is 0 Å². The zero-order chi connectivity index (χ0) is 20.7. The quantitative estimate of drug-likeness (QED) is 0.363. The van der Waals surface area contributed by atoms with E-state index >= 15 is 0 Å². The number of nitrogens with two attached hydrogens (primary N) is 1. The van der Waals surface area contributed by atoms with Crippen molar-refractivity contribution in [1.29, 1.82) is 0 Å². The molecule has 0 aliphatic carbocycles. The fourth-order valence-electron chi connectivity index (χ4n) is 3.12. The Morgan fingerprint density at radius 3 is 2.59 bits per heavy atom. The Morgan fingerprint density at radius 2 is 1.86 bits per heavy atom. The van der Waals surface area contributed by atoms with Gasteiger partial charge in [0.25, 0.3) is 17.5 Å². The van der Waals surface area contributed by atoms with Gasteiger partial charge in [0.05, 0.1) is 21.6 Å². The van der Waals surface area contributed by atoms with Crippen molar-refractivity contribution < 1.29 is 18.9 Å². The molecule has 9 heteroatoms. The Balaban J connectivity index is 1.79. The largest absolute Gasteiger partial charge is 0.451 e. The van der Waals surface area contributed by atoms with E-state index in [1.807, 2.05) is 0 Å². The highest BCUT2D eigenvalue weighted by molar-refractivity contribution is 9.10.